The van der Waals surface area contributed by atoms with Crippen LogP contribution >= 0.6 is 31.9 Å². The monoisotopic (exact) mass is 630 g/mol. The van der Waals surface area contributed by atoms with Gasteiger partial charge in [0.1, 0.15) is 0 Å². The van der Waals surface area contributed by atoms with Gasteiger partial charge in [0.15, 0.2) is 0 Å². The maximum atomic E-state index is 14.3. The van der Waals surface area contributed by atoms with E-state index in [-0.39, 0.29) is 23.6 Å². The van der Waals surface area contributed by atoms with Crippen molar-refractivity contribution in [2.75, 3.05) is 9.80 Å². The molecule has 3 aromatic carbocycles. The number of para-hydroxylation sites is 2. The molecular weight excluding hydrogens is 612 g/mol. The molecule has 4 amide bonds. The lowest BCUT2D eigenvalue weighted by Crippen LogP contribution is -2.60. The van der Waals surface area contributed by atoms with E-state index in [2.05, 4.69) is 31.9 Å². The maximum absolute atomic E-state index is 14.3. The standard InChI is InChI=1S/C30H20Br2N2O4/c31-18-10-4-6-12-20(18)33-26(35)22-17-14-15-30(24(22)28(33)37,16-8-2-1-3-9-16)25-23(17)27(36)34(29(25)38)21-13-7-5-11-19(21)32/h1-15,17,22-25H/t17?,22-,23+,24-,25-,30?/m0/s1. The van der Waals surface area contributed by atoms with Crippen molar-refractivity contribution in [3.8, 4) is 0 Å². The Bertz CT molecular complexity index is 1500. The molecule has 8 rings (SSSR count). The van der Waals surface area contributed by atoms with E-state index in [0.717, 1.165) is 5.56 Å². The Balaban J connectivity index is 1.45. The molecule has 3 aliphatic carbocycles. The largest absolute Gasteiger partial charge is 0.274 e. The van der Waals surface area contributed by atoms with Gasteiger partial charge in [-0.2, -0.15) is 0 Å². The van der Waals surface area contributed by atoms with E-state index in [1.54, 1.807) is 36.4 Å². The summed E-state index contributed by atoms with van der Waals surface area (Å²) in [5.41, 5.74) is 0.551. The average Bonchev–Trinajstić information content (AvgIpc) is 3.37. The van der Waals surface area contributed by atoms with E-state index in [1.165, 1.54) is 9.80 Å². The predicted octanol–water partition coefficient (Wildman–Crippen LogP) is 5.26. The summed E-state index contributed by atoms with van der Waals surface area (Å²) in [6.45, 7) is 0. The predicted molar refractivity (Wildman–Crippen MR) is 148 cm³/mol. The highest BCUT2D eigenvalue weighted by molar-refractivity contribution is 9.11. The van der Waals surface area contributed by atoms with Crippen LogP contribution in [0.3, 0.4) is 0 Å². The van der Waals surface area contributed by atoms with Crippen molar-refractivity contribution in [3.05, 3.63) is 106 Å². The van der Waals surface area contributed by atoms with Gasteiger partial charge in [-0.1, -0.05) is 66.7 Å². The smallest absolute Gasteiger partial charge is 0.238 e. The second-order valence-electron chi connectivity index (χ2n) is 10.2. The van der Waals surface area contributed by atoms with Crippen LogP contribution in [0.2, 0.25) is 0 Å². The molecule has 3 aromatic rings. The van der Waals surface area contributed by atoms with Crippen LogP contribution < -0.4 is 9.80 Å². The molecule has 0 spiro atoms. The number of halogens is 2. The molecule has 0 N–H and O–H groups in total. The van der Waals surface area contributed by atoms with Crippen molar-refractivity contribution in [2.45, 2.75) is 5.41 Å². The van der Waals surface area contributed by atoms with E-state index in [4.69, 9.17) is 0 Å². The maximum Gasteiger partial charge on any atom is 0.238 e. The first-order chi connectivity index (χ1) is 18.4. The summed E-state index contributed by atoms with van der Waals surface area (Å²) in [7, 11) is 0. The molecule has 6 nitrogen and oxygen atoms in total. The number of carbonyl (C=O) groups is 4. The van der Waals surface area contributed by atoms with Crippen molar-refractivity contribution in [2.24, 2.45) is 29.6 Å². The number of carbonyl (C=O) groups excluding carboxylic acids is 4. The molecule has 0 radical (unpaired) electrons. The Morgan fingerprint density at radius 2 is 1.03 bits per heavy atom. The molecule has 8 heteroatoms. The zero-order chi connectivity index (χ0) is 26.3. The fraction of sp³-hybridized carbons (Fsp3) is 0.200. The van der Waals surface area contributed by atoms with Gasteiger partial charge in [0, 0.05) is 20.3 Å². The van der Waals surface area contributed by atoms with Gasteiger partial charge in [-0.25, -0.2) is 9.80 Å². The lowest BCUT2D eigenvalue weighted by molar-refractivity contribution is -0.140. The molecule has 2 bridgehead atoms. The molecule has 3 fully saturated rings. The van der Waals surface area contributed by atoms with Gasteiger partial charge in [-0.15, -0.1) is 0 Å². The third kappa shape index (κ3) is 2.87. The van der Waals surface area contributed by atoms with Crippen LogP contribution in [-0.4, -0.2) is 23.6 Å². The topological polar surface area (TPSA) is 74.8 Å². The van der Waals surface area contributed by atoms with Gasteiger partial charge in [-0.05, 0) is 61.7 Å². The number of nitrogens with zero attached hydrogens (tertiary/aromatic N) is 2. The van der Waals surface area contributed by atoms with E-state index in [1.807, 2.05) is 54.6 Å². The molecule has 38 heavy (non-hydrogen) atoms. The number of allylic oxidation sites excluding steroid dienone is 2. The van der Waals surface area contributed by atoms with Crippen molar-refractivity contribution in [1.29, 1.82) is 0 Å². The zero-order valence-corrected chi connectivity index (χ0v) is 23.0. The minimum atomic E-state index is -1.14. The summed E-state index contributed by atoms with van der Waals surface area (Å²) in [6, 6.07) is 23.6. The summed E-state index contributed by atoms with van der Waals surface area (Å²) < 4.78 is 1.25. The van der Waals surface area contributed by atoms with E-state index in [0.29, 0.717) is 20.3 Å². The van der Waals surface area contributed by atoms with Gasteiger partial charge >= 0.3 is 0 Å². The fourth-order valence-corrected chi connectivity index (χ4v) is 8.14. The lowest BCUT2D eigenvalue weighted by Gasteiger charge is -2.53. The van der Waals surface area contributed by atoms with Crippen LogP contribution in [0.5, 0.6) is 0 Å². The molecule has 2 unspecified atom stereocenters. The average molecular weight is 632 g/mol. The van der Waals surface area contributed by atoms with Crippen LogP contribution in [0.1, 0.15) is 5.56 Å². The molecule has 2 heterocycles. The Kier molecular flexibility index (Phi) is 5.20. The summed E-state index contributed by atoms with van der Waals surface area (Å²) >= 11 is 6.98. The van der Waals surface area contributed by atoms with E-state index < -0.39 is 35.0 Å². The van der Waals surface area contributed by atoms with Crippen molar-refractivity contribution in [1.82, 2.24) is 0 Å². The number of anilines is 2. The Morgan fingerprint density at radius 3 is 1.50 bits per heavy atom. The third-order valence-electron chi connectivity index (χ3n) is 8.62. The number of hydrogen-bond acceptors (Lipinski definition) is 4. The van der Waals surface area contributed by atoms with Gasteiger partial charge in [0.25, 0.3) is 0 Å². The lowest BCUT2D eigenvalue weighted by atomic mass is 9.45. The molecule has 5 aliphatic rings. The minimum absolute atomic E-state index is 0.334. The van der Waals surface area contributed by atoms with Crippen LogP contribution in [0.15, 0.2) is 100.0 Å². The van der Waals surface area contributed by atoms with Crippen LogP contribution in [0.4, 0.5) is 11.4 Å². The fourth-order valence-electron chi connectivity index (χ4n) is 7.22. The van der Waals surface area contributed by atoms with Crippen molar-refractivity contribution < 1.29 is 19.2 Å². The first-order valence-corrected chi connectivity index (χ1v) is 14.0. The number of amides is 4. The van der Waals surface area contributed by atoms with Crippen LogP contribution in [0.25, 0.3) is 0 Å². The van der Waals surface area contributed by atoms with Crippen molar-refractivity contribution >= 4 is 66.9 Å². The Labute approximate surface area is 235 Å². The molecular formula is C30H20Br2N2O4. The Morgan fingerprint density at radius 1 is 0.579 bits per heavy atom. The van der Waals surface area contributed by atoms with Gasteiger partial charge < -0.3 is 0 Å². The van der Waals surface area contributed by atoms with Crippen LogP contribution in [0, 0.1) is 29.6 Å². The Hall–Kier alpha value is -3.36. The zero-order valence-electron chi connectivity index (χ0n) is 19.8. The van der Waals surface area contributed by atoms with Crippen LogP contribution in [-0.2, 0) is 24.6 Å². The number of hydrogen-bond donors (Lipinski definition) is 0. The summed E-state index contributed by atoms with van der Waals surface area (Å²) in [4.78, 5) is 59.2. The molecule has 188 valence electrons. The summed E-state index contributed by atoms with van der Waals surface area (Å²) in [5.74, 6) is -5.05. The number of benzene rings is 3. The second-order valence-corrected chi connectivity index (χ2v) is 11.9. The molecule has 2 saturated heterocycles. The molecule has 2 aliphatic heterocycles. The van der Waals surface area contributed by atoms with Gasteiger partial charge in [0.2, 0.25) is 23.6 Å². The molecule has 0 aromatic heterocycles. The minimum Gasteiger partial charge on any atom is -0.274 e. The highest BCUT2D eigenvalue weighted by Crippen LogP contribution is 2.65. The summed E-state index contributed by atoms with van der Waals surface area (Å²) in [6.07, 6.45) is 3.83. The SMILES string of the molecule is O=C1[C@@H]2C3C=CC(c4ccccc4)([C@@H]2C(=O)N1c1ccccc1Br)[C@@H]1C(=O)N(c2ccccc2Br)C(=O)[C@@H]31. The second kappa shape index (κ2) is 8.32. The molecule has 6 atom stereocenters. The van der Waals surface area contributed by atoms with E-state index >= 15 is 0 Å². The number of rotatable bonds is 3. The van der Waals surface area contributed by atoms with Gasteiger partial charge in [0.05, 0.1) is 35.0 Å². The number of imide groups is 2. The van der Waals surface area contributed by atoms with Crippen molar-refractivity contribution in [3.63, 3.8) is 0 Å². The molecule has 1 saturated carbocycles. The normalized spacial score (nSPS) is 31.3. The first kappa shape index (κ1) is 23.7. The van der Waals surface area contributed by atoms with E-state index in [9.17, 15) is 19.2 Å². The first-order valence-electron chi connectivity index (χ1n) is 12.4. The summed E-state index contributed by atoms with van der Waals surface area (Å²) in [5, 5.41) is 0. The third-order valence-corrected chi connectivity index (χ3v) is 9.96. The van der Waals surface area contributed by atoms with Gasteiger partial charge in [-0.3, -0.25) is 19.2 Å². The quantitative estimate of drug-likeness (QED) is 0.292. The highest BCUT2D eigenvalue weighted by Gasteiger charge is 2.75. The highest BCUT2D eigenvalue weighted by atomic mass is 79.9.